The number of nitrogens with two attached hydrogens (primary N) is 1. The number of allylic oxidation sites excluding steroid dienone is 1. The molecule has 3 amide bonds. The van der Waals surface area contributed by atoms with E-state index in [0.717, 1.165) is 12.8 Å². The van der Waals surface area contributed by atoms with Crippen molar-refractivity contribution in [3.63, 3.8) is 0 Å². The van der Waals surface area contributed by atoms with Gasteiger partial charge in [-0.25, -0.2) is 4.79 Å². The Bertz CT molecular complexity index is 239. The van der Waals surface area contributed by atoms with Gasteiger partial charge in [-0.15, -0.1) is 6.58 Å². The SMILES string of the molecule is C=CC[C@H](C(=O)NC(N)=O)[C@H](C)CCC. The zero-order chi connectivity index (χ0) is 11.8. The van der Waals surface area contributed by atoms with Gasteiger partial charge in [0, 0.05) is 5.92 Å². The molecule has 0 aromatic heterocycles. The van der Waals surface area contributed by atoms with Crippen molar-refractivity contribution in [3.05, 3.63) is 12.7 Å². The number of imide groups is 1. The van der Waals surface area contributed by atoms with Crippen LogP contribution in [-0.2, 0) is 4.79 Å². The molecule has 0 aromatic rings. The van der Waals surface area contributed by atoms with Crippen molar-refractivity contribution < 1.29 is 9.59 Å². The van der Waals surface area contributed by atoms with Crippen molar-refractivity contribution in [1.29, 1.82) is 0 Å². The summed E-state index contributed by atoms with van der Waals surface area (Å²) in [5.74, 6) is -0.286. The van der Waals surface area contributed by atoms with Crippen molar-refractivity contribution in [2.45, 2.75) is 33.1 Å². The zero-order valence-electron chi connectivity index (χ0n) is 9.45. The topological polar surface area (TPSA) is 72.2 Å². The van der Waals surface area contributed by atoms with Crippen LogP contribution in [0.4, 0.5) is 4.79 Å². The lowest BCUT2D eigenvalue weighted by Crippen LogP contribution is -2.41. The summed E-state index contributed by atoms with van der Waals surface area (Å²) in [6, 6.07) is -0.794. The van der Waals surface area contributed by atoms with E-state index in [0.29, 0.717) is 6.42 Å². The molecule has 0 aliphatic rings. The molecule has 86 valence electrons. The van der Waals surface area contributed by atoms with Crippen molar-refractivity contribution in [2.75, 3.05) is 0 Å². The van der Waals surface area contributed by atoms with Crippen LogP contribution in [-0.4, -0.2) is 11.9 Å². The number of nitrogens with one attached hydrogen (secondary N) is 1. The second-order valence-electron chi connectivity index (χ2n) is 3.75. The number of hydrogen-bond donors (Lipinski definition) is 2. The minimum absolute atomic E-state index is 0.213. The molecule has 3 N–H and O–H groups in total. The number of hydrogen-bond acceptors (Lipinski definition) is 2. The Morgan fingerprint density at radius 2 is 2.13 bits per heavy atom. The third kappa shape index (κ3) is 5.20. The summed E-state index contributed by atoms with van der Waals surface area (Å²) in [6.45, 7) is 7.67. The fourth-order valence-corrected chi connectivity index (χ4v) is 1.65. The lowest BCUT2D eigenvalue weighted by Gasteiger charge is -2.20. The standard InChI is InChI=1S/C11H20N2O2/c1-4-6-8(3)9(7-5-2)10(14)13-11(12)15/h5,8-9H,2,4,6-7H2,1,3H3,(H3,12,13,14,15)/t8-,9+/m1/s1. The predicted molar refractivity (Wildman–Crippen MR) is 60.1 cm³/mol. The Balaban J connectivity index is 4.41. The highest BCUT2D eigenvalue weighted by molar-refractivity contribution is 5.94. The molecule has 0 radical (unpaired) electrons. The first-order valence-electron chi connectivity index (χ1n) is 5.24. The lowest BCUT2D eigenvalue weighted by atomic mass is 9.87. The van der Waals surface area contributed by atoms with Gasteiger partial charge >= 0.3 is 6.03 Å². The van der Waals surface area contributed by atoms with Gasteiger partial charge in [-0.1, -0.05) is 32.8 Å². The van der Waals surface area contributed by atoms with Crippen LogP contribution in [0, 0.1) is 11.8 Å². The number of carbonyl (C=O) groups excluding carboxylic acids is 2. The first-order chi connectivity index (χ1) is 7.02. The van der Waals surface area contributed by atoms with Crippen molar-refractivity contribution in [1.82, 2.24) is 5.32 Å². The number of carbonyl (C=O) groups is 2. The first kappa shape index (κ1) is 13.7. The third-order valence-electron chi connectivity index (χ3n) is 2.43. The number of urea groups is 1. The molecule has 0 bridgehead atoms. The highest BCUT2D eigenvalue weighted by Gasteiger charge is 2.23. The number of primary amides is 1. The largest absolute Gasteiger partial charge is 0.351 e. The smallest absolute Gasteiger partial charge is 0.318 e. The van der Waals surface area contributed by atoms with Crippen LogP contribution in [0.25, 0.3) is 0 Å². The maximum atomic E-state index is 11.6. The van der Waals surface area contributed by atoms with Crippen molar-refractivity contribution in [2.24, 2.45) is 17.6 Å². The van der Waals surface area contributed by atoms with E-state index in [1.54, 1.807) is 6.08 Å². The second-order valence-corrected chi connectivity index (χ2v) is 3.75. The van der Waals surface area contributed by atoms with Gasteiger partial charge in [0.2, 0.25) is 5.91 Å². The Morgan fingerprint density at radius 1 is 1.53 bits per heavy atom. The molecule has 4 heteroatoms. The summed E-state index contributed by atoms with van der Waals surface area (Å²) in [5, 5.41) is 2.12. The molecule has 0 rings (SSSR count). The normalized spacial score (nSPS) is 14.0. The molecule has 0 aliphatic carbocycles. The third-order valence-corrected chi connectivity index (χ3v) is 2.43. The molecule has 0 fully saturated rings. The van der Waals surface area contributed by atoms with Gasteiger partial charge in [0.25, 0.3) is 0 Å². The monoisotopic (exact) mass is 212 g/mol. The van der Waals surface area contributed by atoms with Gasteiger partial charge in [0.1, 0.15) is 0 Å². The lowest BCUT2D eigenvalue weighted by molar-refractivity contribution is -0.125. The minimum Gasteiger partial charge on any atom is -0.351 e. The summed E-state index contributed by atoms with van der Waals surface area (Å²) in [6.07, 6.45) is 4.22. The van der Waals surface area contributed by atoms with Crippen LogP contribution < -0.4 is 11.1 Å². The van der Waals surface area contributed by atoms with E-state index in [9.17, 15) is 9.59 Å². The van der Waals surface area contributed by atoms with Crippen LogP contribution in [0.15, 0.2) is 12.7 Å². The second kappa shape index (κ2) is 7.04. The molecule has 4 nitrogen and oxygen atoms in total. The molecule has 0 unspecified atom stereocenters. The average molecular weight is 212 g/mol. The molecule has 2 atom stereocenters. The van der Waals surface area contributed by atoms with Crippen LogP contribution >= 0.6 is 0 Å². The molecule has 0 saturated heterocycles. The zero-order valence-corrected chi connectivity index (χ0v) is 9.45. The van der Waals surface area contributed by atoms with Crippen LogP contribution in [0.1, 0.15) is 33.1 Å². The van der Waals surface area contributed by atoms with Crippen LogP contribution in [0.3, 0.4) is 0 Å². The Morgan fingerprint density at radius 3 is 2.53 bits per heavy atom. The highest BCUT2D eigenvalue weighted by Crippen LogP contribution is 2.21. The van der Waals surface area contributed by atoms with Gasteiger partial charge in [-0.05, 0) is 12.3 Å². The summed E-state index contributed by atoms with van der Waals surface area (Å²) in [7, 11) is 0. The van der Waals surface area contributed by atoms with E-state index < -0.39 is 6.03 Å². The Labute approximate surface area is 90.9 Å². The molecule has 0 heterocycles. The fraction of sp³-hybridized carbons (Fsp3) is 0.636. The summed E-state index contributed by atoms with van der Waals surface area (Å²) in [5.41, 5.74) is 4.90. The molecule has 0 saturated carbocycles. The molecule has 0 aliphatic heterocycles. The van der Waals surface area contributed by atoms with Crippen LogP contribution in [0.2, 0.25) is 0 Å². The average Bonchev–Trinajstić information content (AvgIpc) is 2.13. The number of rotatable bonds is 6. The molecule has 15 heavy (non-hydrogen) atoms. The van der Waals surface area contributed by atoms with E-state index in [2.05, 4.69) is 18.8 Å². The van der Waals surface area contributed by atoms with Gasteiger partial charge < -0.3 is 5.73 Å². The summed E-state index contributed by atoms with van der Waals surface area (Å²) < 4.78 is 0. The summed E-state index contributed by atoms with van der Waals surface area (Å²) >= 11 is 0. The predicted octanol–water partition coefficient (Wildman–Crippen LogP) is 1.81. The molecule has 0 spiro atoms. The van der Waals surface area contributed by atoms with E-state index in [-0.39, 0.29) is 17.7 Å². The molecule has 0 aromatic carbocycles. The van der Waals surface area contributed by atoms with E-state index in [4.69, 9.17) is 5.73 Å². The molecular formula is C11H20N2O2. The first-order valence-corrected chi connectivity index (χ1v) is 5.24. The van der Waals surface area contributed by atoms with Gasteiger partial charge in [0.15, 0.2) is 0 Å². The maximum Gasteiger partial charge on any atom is 0.318 e. The van der Waals surface area contributed by atoms with Crippen LogP contribution in [0.5, 0.6) is 0 Å². The molecular weight excluding hydrogens is 192 g/mol. The van der Waals surface area contributed by atoms with Crippen molar-refractivity contribution in [3.8, 4) is 0 Å². The van der Waals surface area contributed by atoms with Crippen molar-refractivity contribution >= 4 is 11.9 Å². The quantitative estimate of drug-likeness (QED) is 0.659. The van der Waals surface area contributed by atoms with E-state index >= 15 is 0 Å². The fourth-order valence-electron chi connectivity index (χ4n) is 1.65. The highest BCUT2D eigenvalue weighted by atomic mass is 16.2. The van der Waals surface area contributed by atoms with Gasteiger partial charge in [-0.2, -0.15) is 0 Å². The number of amides is 3. The Hall–Kier alpha value is -1.32. The maximum absolute atomic E-state index is 11.6. The summed E-state index contributed by atoms with van der Waals surface area (Å²) in [4.78, 5) is 22.2. The Kier molecular flexibility index (Phi) is 6.42. The van der Waals surface area contributed by atoms with E-state index in [1.807, 2.05) is 6.92 Å². The minimum atomic E-state index is -0.794. The van der Waals surface area contributed by atoms with Gasteiger partial charge in [0.05, 0.1) is 0 Å². The van der Waals surface area contributed by atoms with Gasteiger partial charge in [-0.3, -0.25) is 10.1 Å². The van der Waals surface area contributed by atoms with E-state index in [1.165, 1.54) is 0 Å².